The lowest BCUT2D eigenvalue weighted by molar-refractivity contribution is -0.136. The minimum atomic E-state index is -4.26. The number of nitrogen functional groups attached to an aromatic ring is 1. The summed E-state index contributed by atoms with van der Waals surface area (Å²) in [5.41, 5.74) is 7.22. The summed E-state index contributed by atoms with van der Waals surface area (Å²) in [5.74, 6) is -0.467. The summed E-state index contributed by atoms with van der Waals surface area (Å²) in [4.78, 5) is 12.9. The maximum Gasteiger partial charge on any atom is 0.390 e. The molecule has 6 heteroatoms. The van der Waals surface area contributed by atoms with Gasteiger partial charge in [0.2, 0.25) is 0 Å². The topological polar surface area (TPSA) is 46.3 Å². The average molecular weight is 260 g/mol. The number of alkyl halides is 3. The third kappa shape index (κ3) is 3.94. The van der Waals surface area contributed by atoms with Gasteiger partial charge in [0, 0.05) is 24.8 Å². The second-order valence-corrected chi connectivity index (χ2v) is 4.16. The van der Waals surface area contributed by atoms with Crippen molar-refractivity contribution in [1.82, 2.24) is 4.90 Å². The van der Waals surface area contributed by atoms with Gasteiger partial charge in [-0.3, -0.25) is 4.79 Å². The molecule has 1 aromatic rings. The van der Waals surface area contributed by atoms with Gasteiger partial charge >= 0.3 is 6.18 Å². The van der Waals surface area contributed by atoms with Crippen LogP contribution in [-0.2, 0) is 0 Å². The number of carbonyl (C=O) groups excluding carboxylic acids is 1. The molecule has 0 atom stereocenters. The van der Waals surface area contributed by atoms with Gasteiger partial charge in [-0.05, 0) is 24.6 Å². The van der Waals surface area contributed by atoms with Crippen LogP contribution < -0.4 is 5.73 Å². The zero-order valence-corrected chi connectivity index (χ0v) is 10.2. The van der Waals surface area contributed by atoms with Crippen molar-refractivity contribution in [2.45, 2.75) is 19.5 Å². The van der Waals surface area contributed by atoms with Gasteiger partial charge in [0.1, 0.15) is 0 Å². The number of rotatable bonds is 3. The molecule has 0 radical (unpaired) electrons. The van der Waals surface area contributed by atoms with E-state index in [9.17, 15) is 18.0 Å². The van der Waals surface area contributed by atoms with E-state index in [0.717, 1.165) is 10.5 Å². The van der Waals surface area contributed by atoms with Crippen LogP contribution in [0, 0.1) is 6.92 Å². The molecule has 2 N–H and O–H groups in total. The van der Waals surface area contributed by atoms with Gasteiger partial charge in [0.15, 0.2) is 0 Å². The molecule has 3 nitrogen and oxygen atoms in total. The van der Waals surface area contributed by atoms with Crippen LogP contribution in [0.2, 0.25) is 0 Å². The van der Waals surface area contributed by atoms with Gasteiger partial charge in [0.25, 0.3) is 5.91 Å². The molecule has 0 spiro atoms. The van der Waals surface area contributed by atoms with E-state index >= 15 is 0 Å². The Balaban J connectivity index is 2.71. The second-order valence-electron chi connectivity index (χ2n) is 4.16. The van der Waals surface area contributed by atoms with Crippen LogP contribution in [0.25, 0.3) is 0 Å². The third-order valence-electron chi connectivity index (χ3n) is 2.60. The minimum Gasteiger partial charge on any atom is -0.398 e. The van der Waals surface area contributed by atoms with Crippen molar-refractivity contribution in [3.63, 3.8) is 0 Å². The Labute approximate surface area is 103 Å². The number of hydrogen-bond acceptors (Lipinski definition) is 2. The molecule has 0 heterocycles. The van der Waals surface area contributed by atoms with Gasteiger partial charge in [-0.15, -0.1) is 0 Å². The summed E-state index contributed by atoms with van der Waals surface area (Å²) in [6.07, 6.45) is -5.28. The quantitative estimate of drug-likeness (QED) is 0.849. The predicted molar refractivity (Wildman–Crippen MR) is 63.2 cm³/mol. The summed E-state index contributed by atoms with van der Waals surface area (Å²) in [5, 5.41) is 0. The van der Waals surface area contributed by atoms with E-state index in [4.69, 9.17) is 5.73 Å². The zero-order valence-electron chi connectivity index (χ0n) is 10.2. The Hall–Kier alpha value is -1.72. The minimum absolute atomic E-state index is 0.294. The zero-order chi connectivity index (χ0) is 13.9. The average Bonchev–Trinajstić information content (AvgIpc) is 2.27. The van der Waals surface area contributed by atoms with Crippen molar-refractivity contribution in [2.24, 2.45) is 0 Å². The predicted octanol–water partition coefficient (Wildman–Crippen LogP) is 2.60. The molecule has 0 aromatic heterocycles. The van der Waals surface area contributed by atoms with Crippen LogP contribution in [0.5, 0.6) is 0 Å². The highest BCUT2D eigenvalue weighted by Gasteiger charge is 2.28. The summed E-state index contributed by atoms with van der Waals surface area (Å²) >= 11 is 0. The van der Waals surface area contributed by atoms with Crippen molar-refractivity contribution >= 4 is 11.6 Å². The summed E-state index contributed by atoms with van der Waals surface area (Å²) < 4.78 is 36.1. The van der Waals surface area contributed by atoms with Crippen molar-refractivity contribution in [3.8, 4) is 0 Å². The third-order valence-corrected chi connectivity index (χ3v) is 2.60. The van der Waals surface area contributed by atoms with Gasteiger partial charge in [0.05, 0.1) is 6.42 Å². The Morgan fingerprint density at radius 3 is 2.50 bits per heavy atom. The van der Waals surface area contributed by atoms with Crippen LogP contribution in [0.4, 0.5) is 18.9 Å². The Bertz CT molecular complexity index is 443. The number of hydrogen-bond donors (Lipinski definition) is 1. The fourth-order valence-corrected chi connectivity index (χ4v) is 1.39. The lowest BCUT2D eigenvalue weighted by Gasteiger charge is -2.18. The van der Waals surface area contributed by atoms with Crippen molar-refractivity contribution in [1.29, 1.82) is 0 Å². The molecule has 1 amide bonds. The van der Waals surface area contributed by atoms with Crippen molar-refractivity contribution in [3.05, 3.63) is 29.3 Å². The van der Waals surface area contributed by atoms with Crippen molar-refractivity contribution in [2.75, 3.05) is 19.3 Å². The van der Waals surface area contributed by atoms with Crippen molar-refractivity contribution < 1.29 is 18.0 Å². The summed E-state index contributed by atoms with van der Waals surface area (Å²) in [6.45, 7) is 1.42. The highest BCUT2D eigenvalue weighted by atomic mass is 19.4. The maximum atomic E-state index is 12.0. The van der Waals surface area contributed by atoms with Crippen LogP contribution in [0.3, 0.4) is 0 Å². The van der Waals surface area contributed by atoms with E-state index in [1.807, 2.05) is 0 Å². The van der Waals surface area contributed by atoms with Crippen LogP contribution in [-0.4, -0.2) is 30.6 Å². The van der Waals surface area contributed by atoms with Gasteiger partial charge < -0.3 is 10.6 Å². The normalized spacial score (nSPS) is 11.4. The highest BCUT2D eigenvalue weighted by Crippen LogP contribution is 2.20. The maximum absolute atomic E-state index is 12.0. The van der Waals surface area contributed by atoms with Gasteiger partial charge in [-0.2, -0.15) is 13.2 Å². The van der Waals surface area contributed by atoms with E-state index in [0.29, 0.717) is 11.3 Å². The standard InChI is InChI=1S/C12H15F3N2O/c1-8-3-4-9(7-10(8)16)11(18)17(2)6-5-12(13,14)15/h3-4,7H,5-6,16H2,1-2H3. The van der Waals surface area contributed by atoms with E-state index in [1.165, 1.54) is 13.1 Å². The molecule has 0 saturated heterocycles. The monoisotopic (exact) mass is 260 g/mol. The largest absolute Gasteiger partial charge is 0.398 e. The molecule has 0 unspecified atom stereocenters. The number of aryl methyl sites for hydroxylation is 1. The smallest absolute Gasteiger partial charge is 0.390 e. The van der Waals surface area contributed by atoms with E-state index in [-0.39, 0.29) is 6.54 Å². The lowest BCUT2D eigenvalue weighted by Crippen LogP contribution is -2.30. The SMILES string of the molecule is Cc1ccc(C(=O)N(C)CCC(F)(F)F)cc1N. The van der Waals surface area contributed by atoms with E-state index in [1.54, 1.807) is 19.1 Å². The molecule has 0 fully saturated rings. The van der Waals surface area contributed by atoms with E-state index < -0.39 is 18.5 Å². The number of amides is 1. The van der Waals surface area contributed by atoms with Crippen LogP contribution >= 0.6 is 0 Å². The van der Waals surface area contributed by atoms with Crippen LogP contribution in [0.1, 0.15) is 22.3 Å². The molecule has 0 saturated carbocycles. The molecule has 1 rings (SSSR count). The molecule has 1 aromatic carbocycles. The van der Waals surface area contributed by atoms with E-state index in [2.05, 4.69) is 0 Å². The number of halogens is 3. The number of nitrogens with two attached hydrogens (primary N) is 1. The first-order valence-electron chi connectivity index (χ1n) is 5.39. The second kappa shape index (κ2) is 5.29. The summed E-state index contributed by atoms with van der Waals surface area (Å²) in [7, 11) is 1.34. The molecular weight excluding hydrogens is 245 g/mol. The highest BCUT2D eigenvalue weighted by molar-refractivity contribution is 5.95. The fraction of sp³-hybridized carbons (Fsp3) is 0.417. The fourth-order valence-electron chi connectivity index (χ4n) is 1.39. The molecule has 18 heavy (non-hydrogen) atoms. The molecule has 0 aliphatic carbocycles. The Morgan fingerprint density at radius 2 is 2.00 bits per heavy atom. The number of nitrogens with zero attached hydrogens (tertiary/aromatic N) is 1. The van der Waals surface area contributed by atoms with Gasteiger partial charge in [-0.1, -0.05) is 6.07 Å². The number of carbonyl (C=O) groups is 1. The number of anilines is 1. The lowest BCUT2D eigenvalue weighted by atomic mass is 10.1. The Morgan fingerprint density at radius 1 is 1.39 bits per heavy atom. The molecular formula is C12H15F3N2O. The molecule has 100 valence electrons. The van der Waals surface area contributed by atoms with Crippen LogP contribution in [0.15, 0.2) is 18.2 Å². The molecule has 0 aliphatic heterocycles. The first-order valence-corrected chi connectivity index (χ1v) is 5.39. The first-order chi connectivity index (χ1) is 8.20. The first kappa shape index (κ1) is 14.3. The number of benzene rings is 1. The van der Waals surface area contributed by atoms with Gasteiger partial charge in [-0.25, -0.2) is 0 Å². The summed E-state index contributed by atoms with van der Waals surface area (Å²) in [6, 6.07) is 4.69. The molecule has 0 bridgehead atoms. The Kier molecular flexibility index (Phi) is 4.21. The molecule has 0 aliphatic rings.